The van der Waals surface area contributed by atoms with E-state index < -0.39 is 5.97 Å². The first-order chi connectivity index (χ1) is 10.7. The fourth-order valence-electron chi connectivity index (χ4n) is 2.94. The highest BCUT2D eigenvalue weighted by Crippen LogP contribution is 2.27. The molecule has 0 saturated heterocycles. The number of ketones is 1. The summed E-state index contributed by atoms with van der Waals surface area (Å²) in [5, 5.41) is 8.98. The topological polar surface area (TPSA) is 67.2 Å². The van der Waals surface area contributed by atoms with Gasteiger partial charge in [-0.1, -0.05) is 43.9 Å². The summed E-state index contributed by atoms with van der Waals surface area (Å²) in [6.45, 7) is 0.203. The lowest BCUT2D eigenvalue weighted by Crippen LogP contribution is -2.15. The third-order valence-corrected chi connectivity index (χ3v) is 4.10. The summed E-state index contributed by atoms with van der Waals surface area (Å²) in [6, 6.07) is 9.35. The summed E-state index contributed by atoms with van der Waals surface area (Å²) < 4.78 is 5.11. The normalized spacial score (nSPS) is 14.5. The van der Waals surface area contributed by atoms with Crippen LogP contribution in [0.2, 0.25) is 0 Å². The molecule has 1 aromatic rings. The molecule has 0 unspecified atom stereocenters. The molecule has 1 aliphatic rings. The zero-order chi connectivity index (χ0) is 15.8. The van der Waals surface area contributed by atoms with Gasteiger partial charge in [-0.2, -0.15) is 5.26 Å². The SMILES string of the molecule is N#Cc1ccccc1CCOC(=O)CC(=O)CC1CCCC1. The van der Waals surface area contributed by atoms with E-state index in [4.69, 9.17) is 10.00 Å². The third kappa shape index (κ3) is 5.00. The van der Waals surface area contributed by atoms with Crippen molar-refractivity contribution in [2.45, 2.75) is 44.9 Å². The lowest BCUT2D eigenvalue weighted by Gasteiger charge is -2.08. The molecule has 0 bridgehead atoms. The van der Waals surface area contributed by atoms with Crippen molar-refractivity contribution < 1.29 is 14.3 Å². The van der Waals surface area contributed by atoms with Crippen LogP contribution >= 0.6 is 0 Å². The van der Waals surface area contributed by atoms with Gasteiger partial charge in [-0.3, -0.25) is 9.59 Å². The van der Waals surface area contributed by atoms with Crippen molar-refractivity contribution in [3.05, 3.63) is 35.4 Å². The summed E-state index contributed by atoms with van der Waals surface area (Å²) in [4.78, 5) is 23.5. The van der Waals surface area contributed by atoms with Crippen LogP contribution in [0, 0.1) is 17.2 Å². The minimum absolute atomic E-state index is 0.0191. The average Bonchev–Trinajstić information content (AvgIpc) is 3.00. The maximum atomic E-state index is 11.8. The monoisotopic (exact) mass is 299 g/mol. The van der Waals surface area contributed by atoms with Crippen molar-refractivity contribution in [2.24, 2.45) is 5.92 Å². The number of hydrogen-bond acceptors (Lipinski definition) is 4. The first-order valence-electron chi connectivity index (χ1n) is 7.84. The molecule has 1 fully saturated rings. The molecule has 22 heavy (non-hydrogen) atoms. The van der Waals surface area contributed by atoms with Gasteiger partial charge in [0.25, 0.3) is 0 Å². The number of nitrogens with zero attached hydrogens (tertiary/aromatic N) is 1. The van der Waals surface area contributed by atoms with Crippen LogP contribution in [0.5, 0.6) is 0 Å². The lowest BCUT2D eigenvalue weighted by atomic mass is 10.00. The molecule has 0 amide bonds. The average molecular weight is 299 g/mol. The minimum Gasteiger partial charge on any atom is -0.465 e. The number of esters is 1. The molecule has 0 heterocycles. The summed E-state index contributed by atoms with van der Waals surface area (Å²) >= 11 is 0. The van der Waals surface area contributed by atoms with Gasteiger partial charge in [-0.05, 0) is 17.5 Å². The Morgan fingerprint density at radius 2 is 1.95 bits per heavy atom. The molecular weight excluding hydrogens is 278 g/mol. The predicted octanol–water partition coefficient (Wildman–Crippen LogP) is 3.18. The third-order valence-electron chi connectivity index (χ3n) is 4.10. The summed E-state index contributed by atoms with van der Waals surface area (Å²) in [5.74, 6) is -0.0189. The van der Waals surface area contributed by atoms with Crippen molar-refractivity contribution in [2.75, 3.05) is 6.61 Å². The van der Waals surface area contributed by atoms with E-state index in [0.29, 0.717) is 24.3 Å². The molecule has 0 atom stereocenters. The number of carbonyl (C=O) groups excluding carboxylic acids is 2. The predicted molar refractivity (Wildman–Crippen MR) is 82.0 cm³/mol. The van der Waals surface area contributed by atoms with Crippen LogP contribution in [-0.2, 0) is 20.7 Å². The number of benzene rings is 1. The van der Waals surface area contributed by atoms with Crippen LogP contribution in [-0.4, -0.2) is 18.4 Å². The van der Waals surface area contributed by atoms with Gasteiger partial charge in [0.15, 0.2) is 0 Å². The van der Waals surface area contributed by atoms with Crippen LogP contribution in [0.15, 0.2) is 24.3 Å². The number of nitriles is 1. The first-order valence-corrected chi connectivity index (χ1v) is 7.84. The Bertz CT molecular complexity index is 568. The number of rotatable bonds is 7. The van der Waals surface area contributed by atoms with E-state index in [-0.39, 0.29) is 18.8 Å². The molecule has 1 aromatic carbocycles. The number of ether oxygens (including phenoxy) is 1. The lowest BCUT2D eigenvalue weighted by molar-refractivity contribution is -0.146. The van der Waals surface area contributed by atoms with Gasteiger partial charge in [0.1, 0.15) is 12.2 Å². The molecule has 4 heteroatoms. The molecule has 0 aliphatic heterocycles. The Kier molecular flexibility index (Phi) is 6.14. The minimum atomic E-state index is -0.461. The van der Waals surface area contributed by atoms with Gasteiger partial charge in [-0.15, -0.1) is 0 Å². The zero-order valence-corrected chi connectivity index (χ0v) is 12.7. The first kappa shape index (κ1) is 16.2. The molecular formula is C18H21NO3. The van der Waals surface area contributed by atoms with Crippen LogP contribution < -0.4 is 0 Å². The number of carbonyl (C=O) groups is 2. The highest BCUT2D eigenvalue weighted by Gasteiger charge is 2.20. The standard InChI is InChI=1S/C18H21NO3/c19-13-16-8-4-3-7-15(16)9-10-22-18(21)12-17(20)11-14-5-1-2-6-14/h3-4,7-8,14H,1-2,5-6,9-12H2. The van der Waals surface area contributed by atoms with E-state index in [1.54, 1.807) is 12.1 Å². The molecule has 2 rings (SSSR count). The van der Waals surface area contributed by atoms with Crippen LogP contribution in [0.3, 0.4) is 0 Å². The van der Waals surface area contributed by atoms with E-state index in [1.807, 2.05) is 12.1 Å². The molecule has 0 radical (unpaired) electrons. The second-order valence-corrected chi connectivity index (χ2v) is 5.81. The molecule has 4 nitrogen and oxygen atoms in total. The largest absolute Gasteiger partial charge is 0.465 e. The highest BCUT2D eigenvalue weighted by atomic mass is 16.5. The van der Waals surface area contributed by atoms with Crippen molar-refractivity contribution in [1.29, 1.82) is 5.26 Å². The summed E-state index contributed by atoms with van der Waals surface area (Å²) in [7, 11) is 0. The van der Waals surface area contributed by atoms with Crippen LogP contribution in [0.1, 0.15) is 49.7 Å². The van der Waals surface area contributed by atoms with Crippen LogP contribution in [0.4, 0.5) is 0 Å². The molecule has 1 aliphatic carbocycles. The van der Waals surface area contributed by atoms with Gasteiger partial charge >= 0.3 is 5.97 Å². The van der Waals surface area contributed by atoms with E-state index in [2.05, 4.69) is 6.07 Å². The maximum absolute atomic E-state index is 11.8. The summed E-state index contributed by atoms with van der Waals surface area (Å²) in [5.41, 5.74) is 1.45. The quantitative estimate of drug-likeness (QED) is 0.573. The molecule has 1 saturated carbocycles. The summed E-state index contributed by atoms with van der Waals surface area (Å²) in [6.07, 6.45) is 5.47. The van der Waals surface area contributed by atoms with Crippen LogP contribution in [0.25, 0.3) is 0 Å². The Hall–Kier alpha value is -2.15. The Balaban J connectivity index is 1.69. The molecule has 116 valence electrons. The zero-order valence-electron chi connectivity index (χ0n) is 12.7. The van der Waals surface area contributed by atoms with E-state index in [9.17, 15) is 9.59 Å². The van der Waals surface area contributed by atoms with Gasteiger partial charge in [-0.25, -0.2) is 0 Å². The van der Waals surface area contributed by atoms with Gasteiger partial charge in [0.05, 0.1) is 18.2 Å². The molecule has 0 aromatic heterocycles. The van der Waals surface area contributed by atoms with Crippen molar-refractivity contribution in [1.82, 2.24) is 0 Å². The number of hydrogen-bond donors (Lipinski definition) is 0. The van der Waals surface area contributed by atoms with E-state index in [0.717, 1.165) is 18.4 Å². The van der Waals surface area contributed by atoms with Crippen molar-refractivity contribution >= 4 is 11.8 Å². The van der Waals surface area contributed by atoms with Gasteiger partial charge in [0.2, 0.25) is 0 Å². The Morgan fingerprint density at radius 3 is 2.68 bits per heavy atom. The van der Waals surface area contributed by atoms with Crippen molar-refractivity contribution in [3.8, 4) is 6.07 Å². The number of Topliss-reactive ketones (excluding diaryl/α,β-unsaturated/α-hetero) is 1. The Labute approximate surface area is 131 Å². The second-order valence-electron chi connectivity index (χ2n) is 5.81. The van der Waals surface area contributed by atoms with E-state index >= 15 is 0 Å². The van der Waals surface area contributed by atoms with Crippen molar-refractivity contribution in [3.63, 3.8) is 0 Å². The van der Waals surface area contributed by atoms with Gasteiger partial charge < -0.3 is 4.74 Å². The fourth-order valence-corrected chi connectivity index (χ4v) is 2.94. The maximum Gasteiger partial charge on any atom is 0.313 e. The van der Waals surface area contributed by atoms with E-state index in [1.165, 1.54) is 12.8 Å². The Morgan fingerprint density at radius 1 is 1.23 bits per heavy atom. The molecule has 0 spiro atoms. The fraction of sp³-hybridized carbons (Fsp3) is 0.500. The van der Waals surface area contributed by atoms with Gasteiger partial charge in [0, 0.05) is 12.8 Å². The molecule has 0 N–H and O–H groups in total. The second kappa shape index (κ2) is 8.33. The highest BCUT2D eigenvalue weighted by molar-refractivity contribution is 5.95. The smallest absolute Gasteiger partial charge is 0.313 e.